The number of nitrogens with two attached hydrogens (primary N) is 1. The molecule has 0 saturated heterocycles. The van der Waals surface area contributed by atoms with Crippen LogP contribution in [-0.2, 0) is 11.2 Å². The molecule has 0 bridgehead atoms. The van der Waals surface area contributed by atoms with Crippen LogP contribution < -0.4 is 5.73 Å². The number of aromatic amines is 1. The molecule has 0 saturated carbocycles. The van der Waals surface area contributed by atoms with Gasteiger partial charge in [0, 0.05) is 24.4 Å². The van der Waals surface area contributed by atoms with Gasteiger partial charge in [-0.2, -0.15) is 0 Å². The molecule has 0 radical (unpaired) electrons. The molecule has 19 heavy (non-hydrogen) atoms. The van der Waals surface area contributed by atoms with Gasteiger partial charge in [0.1, 0.15) is 11.6 Å². The van der Waals surface area contributed by atoms with E-state index < -0.39 is 17.9 Å². The number of rotatable bonds is 4. The molecule has 1 atom stereocenters. The molecular formula is C12H18N4O3. The summed E-state index contributed by atoms with van der Waals surface area (Å²) in [6, 6.07) is -0.708. The Bertz CT molecular complexity index is 491. The van der Waals surface area contributed by atoms with Crippen molar-refractivity contribution in [2.45, 2.75) is 38.2 Å². The Morgan fingerprint density at radius 1 is 1.53 bits per heavy atom. The summed E-state index contributed by atoms with van der Waals surface area (Å²) in [6.45, 7) is 3.64. The predicted molar refractivity (Wildman–Crippen MR) is 69.2 cm³/mol. The number of imidazole rings is 1. The van der Waals surface area contributed by atoms with E-state index in [4.69, 9.17) is 10.5 Å². The van der Waals surface area contributed by atoms with Gasteiger partial charge in [0.15, 0.2) is 12.2 Å². The molecule has 7 heteroatoms. The molecule has 2 heterocycles. The van der Waals surface area contributed by atoms with Crippen LogP contribution >= 0.6 is 0 Å². The van der Waals surface area contributed by atoms with Crippen LogP contribution in [0.2, 0.25) is 0 Å². The number of nitrogens with one attached hydrogen (secondary N) is 1. The fraction of sp³-hybridized carbons (Fsp3) is 0.500. The van der Waals surface area contributed by atoms with E-state index in [0.717, 1.165) is 5.69 Å². The smallest absolute Gasteiger partial charge is 0.187 e. The number of aliphatic imine (C=N–C) groups is 1. The van der Waals surface area contributed by atoms with Crippen LogP contribution in [0.1, 0.15) is 19.5 Å². The fourth-order valence-corrected chi connectivity index (χ4v) is 1.90. The lowest BCUT2D eigenvalue weighted by molar-refractivity contribution is -0.0574. The van der Waals surface area contributed by atoms with Crippen molar-refractivity contribution in [1.29, 1.82) is 0 Å². The van der Waals surface area contributed by atoms with E-state index in [1.54, 1.807) is 12.3 Å². The summed E-state index contributed by atoms with van der Waals surface area (Å²) in [7, 11) is 0. The van der Waals surface area contributed by atoms with E-state index >= 15 is 0 Å². The zero-order valence-corrected chi connectivity index (χ0v) is 10.9. The minimum Gasteiger partial charge on any atom is -0.467 e. The summed E-state index contributed by atoms with van der Waals surface area (Å²) < 4.78 is 5.40. The van der Waals surface area contributed by atoms with Crippen molar-refractivity contribution in [2.75, 3.05) is 0 Å². The molecule has 0 fully saturated rings. The van der Waals surface area contributed by atoms with Crippen molar-refractivity contribution >= 4 is 5.71 Å². The van der Waals surface area contributed by atoms with Gasteiger partial charge in [-0.05, 0) is 13.8 Å². The lowest BCUT2D eigenvalue weighted by Crippen LogP contribution is -2.33. The number of ether oxygens (including phenoxy) is 1. The molecular weight excluding hydrogens is 248 g/mol. The summed E-state index contributed by atoms with van der Waals surface area (Å²) in [4.78, 5) is 11.1. The average Bonchev–Trinajstić information content (AvgIpc) is 2.86. The highest BCUT2D eigenvalue weighted by molar-refractivity contribution is 6.03. The standard InChI is InChI=1S/C12H18N4O3/c1-12(2)9(4-10(13)19-12)16-8(11(17)18)3-7-5-14-6-15-7/h4-6,8,11,17-18H,3,13H2,1-2H3,(H,14,15)/t8-/m0/s1. The number of hydrogen-bond donors (Lipinski definition) is 4. The highest BCUT2D eigenvalue weighted by atomic mass is 16.5. The van der Waals surface area contributed by atoms with Gasteiger partial charge < -0.3 is 25.7 Å². The number of aliphatic hydroxyl groups is 2. The number of hydrogen-bond acceptors (Lipinski definition) is 6. The second-order valence-electron chi connectivity index (χ2n) is 4.94. The summed E-state index contributed by atoms with van der Waals surface area (Å²) >= 11 is 0. The first kappa shape index (κ1) is 13.6. The number of aromatic nitrogens is 2. The molecule has 2 rings (SSSR count). The Morgan fingerprint density at radius 2 is 2.26 bits per heavy atom. The summed E-state index contributed by atoms with van der Waals surface area (Å²) in [5.74, 6) is 0.275. The zero-order valence-electron chi connectivity index (χ0n) is 10.9. The van der Waals surface area contributed by atoms with Gasteiger partial charge in [-0.25, -0.2) is 4.98 Å². The van der Waals surface area contributed by atoms with E-state index in [2.05, 4.69) is 15.0 Å². The van der Waals surface area contributed by atoms with E-state index in [9.17, 15) is 10.2 Å². The van der Waals surface area contributed by atoms with Crippen LogP contribution in [0.3, 0.4) is 0 Å². The van der Waals surface area contributed by atoms with Crippen molar-refractivity contribution in [2.24, 2.45) is 10.7 Å². The van der Waals surface area contributed by atoms with Crippen molar-refractivity contribution < 1.29 is 14.9 Å². The van der Waals surface area contributed by atoms with E-state index in [-0.39, 0.29) is 5.88 Å². The SMILES string of the molecule is CC1(C)OC(N)=CC1=N[C@@H](Cc1cnc[nH]1)C(O)O. The number of H-pyrrole nitrogens is 1. The minimum atomic E-state index is -1.57. The third-order valence-corrected chi connectivity index (χ3v) is 2.90. The molecule has 0 aliphatic carbocycles. The lowest BCUT2D eigenvalue weighted by Gasteiger charge is -2.22. The zero-order chi connectivity index (χ0) is 14.0. The maximum absolute atomic E-state index is 9.43. The predicted octanol–water partition coefficient (Wildman–Crippen LogP) is -0.319. The molecule has 1 aromatic rings. The van der Waals surface area contributed by atoms with Crippen molar-refractivity contribution in [1.82, 2.24) is 9.97 Å². The van der Waals surface area contributed by atoms with Crippen LogP contribution in [0.4, 0.5) is 0 Å². The second-order valence-corrected chi connectivity index (χ2v) is 4.94. The molecule has 7 nitrogen and oxygen atoms in total. The Labute approximate surface area is 110 Å². The molecule has 1 aromatic heterocycles. The van der Waals surface area contributed by atoms with Gasteiger partial charge in [0.05, 0.1) is 12.0 Å². The number of aliphatic hydroxyl groups excluding tert-OH is 1. The van der Waals surface area contributed by atoms with Crippen LogP contribution in [0.5, 0.6) is 0 Å². The molecule has 104 valence electrons. The Kier molecular flexibility index (Phi) is 3.59. The lowest BCUT2D eigenvalue weighted by atomic mass is 10.0. The first-order valence-corrected chi connectivity index (χ1v) is 5.96. The Balaban J connectivity index is 2.21. The van der Waals surface area contributed by atoms with E-state index in [0.29, 0.717) is 12.1 Å². The molecule has 0 spiro atoms. The molecule has 1 aliphatic heterocycles. The molecule has 0 aromatic carbocycles. The normalized spacial score (nSPS) is 21.5. The fourth-order valence-electron chi connectivity index (χ4n) is 1.90. The molecule has 5 N–H and O–H groups in total. The van der Waals surface area contributed by atoms with Crippen LogP contribution in [0.25, 0.3) is 0 Å². The van der Waals surface area contributed by atoms with Crippen molar-refractivity contribution in [3.63, 3.8) is 0 Å². The van der Waals surface area contributed by atoms with Crippen LogP contribution in [-0.4, -0.2) is 43.8 Å². The third kappa shape index (κ3) is 3.12. The molecule has 0 unspecified atom stereocenters. The molecule has 0 amide bonds. The Hall–Kier alpha value is -1.86. The largest absolute Gasteiger partial charge is 0.467 e. The van der Waals surface area contributed by atoms with E-state index in [1.807, 2.05) is 13.8 Å². The van der Waals surface area contributed by atoms with E-state index in [1.165, 1.54) is 6.33 Å². The summed E-state index contributed by atoms with van der Waals surface area (Å²) in [5.41, 5.74) is 6.30. The summed E-state index contributed by atoms with van der Waals surface area (Å²) in [6.07, 6.45) is 3.52. The van der Waals surface area contributed by atoms with Gasteiger partial charge in [-0.3, -0.25) is 4.99 Å². The quantitative estimate of drug-likeness (QED) is 0.557. The highest BCUT2D eigenvalue weighted by Crippen LogP contribution is 2.24. The average molecular weight is 266 g/mol. The van der Waals surface area contributed by atoms with Gasteiger partial charge in [-0.15, -0.1) is 0 Å². The second kappa shape index (κ2) is 5.02. The highest BCUT2D eigenvalue weighted by Gasteiger charge is 2.33. The number of nitrogens with zero attached hydrogens (tertiary/aromatic N) is 2. The van der Waals surface area contributed by atoms with Crippen molar-refractivity contribution in [3.05, 3.63) is 30.2 Å². The monoisotopic (exact) mass is 266 g/mol. The maximum Gasteiger partial charge on any atom is 0.187 e. The Morgan fingerprint density at radius 3 is 2.74 bits per heavy atom. The van der Waals surface area contributed by atoms with Crippen LogP contribution in [0.15, 0.2) is 29.5 Å². The van der Waals surface area contributed by atoms with Gasteiger partial charge in [-0.1, -0.05) is 0 Å². The third-order valence-electron chi connectivity index (χ3n) is 2.90. The molecule has 1 aliphatic rings. The maximum atomic E-state index is 9.43. The first-order valence-electron chi connectivity index (χ1n) is 5.96. The summed E-state index contributed by atoms with van der Waals surface area (Å²) in [5, 5.41) is 18.9. The van der Waals surface area contributed by atoms with Crippen LogP contribution in [0, 0.1) is 0 Å². The van der Waals surface area contributed by atoms with Gasteiger partial charge in [0.25, 0.3) is 0 Å². The first-order chi connectivity index (χ1) is 8.88. The van der Waals surface area contributed by atoms with Gasteiger partial charge in [0.2, 0.25) is 0 Å². The minimum absolute atomic E-state index is 0.275. The van der Waals surface area contributed by atoms with Crippen molar-refractivity contribution in [3.8, 4) is 0 Å². The topological polar surface area (TPSA) is 117 Å². The van der Waals surface area contributed by atoms with Gasteiger partial charge >= 0.3 is 0 Å².